The molecule has 1 aromatic rings. The zero-order valence-electron chi connectivity index (χ0n) is 15.4. The van der Waals surface area contributed by atoms with Crippen LogP contribution in [0.15, 0.2) is 23.2 Å². The lowest BCUT2D eigenvalue weighted by Gasteiger charge is -2.24. The van der Waals surface area contributed by atoms with E-state index in [-0.39, 0.29) is 35.3 Å². The Morgan fingerprint density at radius 2 is 1.96 bits per heavy atom. The van der Waals surface area contributed by atoms with Crippen LogP contribution in [0.2, 0.25) is 0 Å². The van der Waals surface area contributed by atoms with Gasteiger partial charge in [0.05, 0.1) is 31.8 Å². The van der Waals surface area contributed by atoms with Gasteiger partial charge in [0.15, 0.2) is 26.5 Å². The number of aliphatic imine (C=N–C) groups is 1. The zero-order valence-corrected chi connectivity index (χ0v) is 17.0. The lowest BCUT2D eigenvalue weighted by atomic mass is 10.1. The largest absolute Gasteiger partial charge is 0.493 e. The molecule has 27 heavy (non-hydrogen) atoms. The first kappa shape index (κ1) is 20.0. The van der Waals surface area contributed by atoms with E-state index in [1.54, 1.807) is 20.3 Å². The molecule has 0 saturated carbocycles. The van der Waals surface area contributed by atoms with Crippen molar-refractivity contribution in [3.05, 3.63) is 23.8 Å². The van der Waals surface area contributed by atoms with Gasteiger partial charge in [0.25, 0.3) is 5.91 Å². The number of thioether (sulfide) groups is 1. The number of hydrogen-bond acceptors (Lipinski definition) is 7. The SMILES string of the molecule is COCC(=O)N=C1S[C@@H]2CS(=O)(=O)C[C@@H]2N1Cc1ccc(OC)c(OC)c1. The lowest BCUT2D eigenvalue weighted by molar-refractivity contribution is -0.121. The first-order valence-corrected chi connectivity index (χ1v) is 11.0. The van der Waals surface area contributed by atoms with Gasteiger partial charge in [-0.25, -0.2) is 8.42 Å². The Bertz CT molecular complexity index is 855. The molecule has 148 valence electrons. The molecule has 0 unspecified atom stereocenters. The number of hydrogen-bond donors (Lipinski definition) is 0. The van der Waals surface area contributed by atoms with Gasteiger partial charge in [-0.2, -0.15) is 4.99 Å². The van der Waals surface area contributed by atoms with Gasteiger partial charge < -0.3 is 19.1 Å². The van der Waals surface area contributed by atoms with Gasteiger partial charge in [-0.05, 0) is 17.7 Å². The van der Waals surface area contributed by atoms with Gasteiger partial charge in [-0.1, -0.05) is 17.8 Å². The number of ether oxygens (including phenoxy) is 3. The van der Waals surface area contributed by atoms with Gasteiger partial charge in [0.2, 0.25) is 0 Å². The number of sulfone groups is 1. The third-order valence-corrected chi connectivity index (χ3v) is 7.71. The van der Waals surface area contributed by atoms with Crippen LogP contribution in [0.25, 0.3) is 0 Å². The first-order chi connectivity index (χ1) is 12.9. The number of rotatable bonds is 6. The molecule has 1 aromatic carbocycles. The van der Waals surface area contributed by atoms with Crippen molar-refractivity contribution in [1.82, 2.24) is 4.90 Å². The normalized spacial score (nSPS) is 24.9. The van der Waals surface area contributed by atoms with Crippen molar-refractivity contribution < 1.29 is 27.4 Å². The van der Waals surface area contributed by atoms with Crippen LogP contribution in [0.3, 0.4) is 0 Å². The summed E-state index contributed by atoms with van der Waals surface area (Å²) in [6, 6.07) is 5.32. The van der Waals surface area contributed by atoms with Crippen molar-refractivity contribution in [2.45, 2.75) is 17.8 Å². The summed E-state index contributed by atoms with van der Waals surface area (Å²) in [7, 11) is 1.47. The molecule has 0 aromatic heterocycles. The van der Waals surface area contributed by atoms with E-state index in [4.69, 9.17) is 14.2 Å². The van der Waals surface area contributed by atoms with Crippen LogP contribution in [0.5, 0.6) is 11.5 Å². The molecule has 8 nitrogen and oxygen atoms in total. The van der Waals surface area contributed by atoms with E-state index in [0.29, 0.717) is 23.2 Å². The van der Waals surface area contributed by atoms with Crippen LogP contribution in [-0.2, 0) is 25.9 Å². The van der Waals surface area contributed by atoms with E-state index in [2.05, 4.69) is 4.99 Å². The Morgan fingerprint density at radius 1 is 1.22 bits per heavy atom. The molecule has 3 rings (SSSR count). The zero-order chi connectivity index (χ0) is 19.6. The average molecular weight is 415 g/mol. The standard InChI is InChI=1S/C17H22N2O6S2/c1-23-8-16(20)18-17-19(12-9-27(21,22)10-15(12)26-17)7-11-4-5-13(24-2)14(6-11)25-3/h4-6,12,15H,7-10H2,1-3H3/t12-,15+/m0/s1. The highest BCUT2D eigenvalue weighted by Crippen LogP contribution is 2.39. The fraction of sp³-hybridized carbons (Fsp3) is 0.529. The number of carbonyl (C=O) groups is 1. The minimum Gasteiger partial charge on any atom is -0.493 e. The number of benzene rings is 1. The molecule has 0 radical (unpaired) electrons. The van der Waals surface area contributed by atoms with Crippen molar-refractivity contribution in [3.63, 3.8) is 0 Å². The average Bonchev–Trinajstić information content (AvgIpc) is 3.07. The fourth-order valence-electron chi connectivity index (χ4n) is 3.26. The maximum absolute atomic E-state index is 12.1. The molecule has 10 heteroatoms. The summed E-state index contributed by atoms with van der Waals surface area (Å²) >= 11 is 1.35. The topological polar surface area (TPSA) is 94.5 Å². The smallest absolute Gasteiger partial charge is 0.274 e. The minimum atomic E-state index is -3.09. The molecule has 0 spiro atoms. The molecule has 0 bridgehead atoms. The summed E-state index contributed by atoms with van der Waals surface area (Å²) in [5.41, 5.74) is 0.907. The molecule has 1 amide bonds. The van der Waals surface area contributed by atoms with Crippen LogP contribution in [0.4, 0.5) is 0 Å². The number of amidine groups is 1. The Balaban J connectivity index is 1.89. The second-order valence-electron chi connectivity index (χ2n) is 6.34. The van der Waals surface area contributed by atoms with Crippen LogP contribution in [0, 0.1) is 0 Å². The Labute approximate surface area is 162 Å². The van der Waals surface area contributed by atoms with E-state index in [1.807, 2.05) is 17.0 Å². The lowest BCUT2D eigenvalue weighted by Crippen LogP contribution is -2.37. The van der Waals surface area contributed by atoms with E-state index in [1.165, 1.54) is 18.9 Å². The Hall–Kier alpha value is -1.78. The molecule has 2 fully saturated rings. The molecule has 2 saturated heterocycles. The third kappa shape index (κ3) is 4.39. The van der Waals surface area contributed by atoms with Gasteiger partial charge >= 0.3 is 0 Å². The van der Waals surface area contributed by atoms with Gasteiger partial charge in [-0.3, -0.25) is 4.79 Å². The fourth-order valence-corrected chi connectivity index (χ4v) is 7.23. The number of amides is 1. The molecule has 0 N–H and O–H groups in total. The van der Waals surface area contributed by atoms with Crippen molar-refractivity contribution in [2.75, 3.05) is 39.4 Å². The van der Waals surface area contributed by atoms with Crippen LogP contribution < -0.4 is 9.47 Å². The summed E-state index contributed by atoms with van der Waals surface area (Å²) in [6.07, 6.45) is 0. The van der Waals surface area contributed by atoms with Crippen molar-refractivity contribution in [2.24, 2.45) is 4.99 Å². The summed E-state index contributed by atoms with van der Waals surface area (Å²) in [5, 5.41) is 0.418. The monoisotopic (exact) mass is 414 g/mol. The van der Waals surface area contributed by atoms with E-state index >= 15 is 0 Å². The summed E-state index contributed by atoms with van der Waals surface area (Å²) in [4.78, 5) is 18.0. The Morgan fingerprint density at radius 3 is 2.63 bits per heavy atom. The summed E-state index contributed by atoms with van der Waals surface area (Å²) < 4.78 is 39.5. The first-order valence-electron chi connectivity index (χ1n) is 8.32. The summed E-state index contributed by atoms with van der Waals surface area (Å²) in [6.45, 7) is 0.311. The molecule has 2 aliphatic rings. The molecule has 2 heterocycles. The second-order valence-corrected chi connectivity index (χ2v) is 9.70. The molecular weight excluding hydrogens is 392 g/mol. The quantitative estimate of drug-likeness (QED) is 0.679. The molecule has 2 atom stereocenters. The highest BCUT2D eigenvalue weighted by Gasteiger charge is 2.48. The van der Waals surface area contributed by atoms with E-state index in [0.717, 1.165) is 5.56 Å². The summed E-state index contributed by atoms with van der Waals surface area (Å²) in [5.74, 6) is 0.978. The molecule has 0 aliphatic carbocycles. The highest BCUT2D eigenvalue weighted by atomic mass is 32.2. The highest BCUT2D eigenvalue weighted by molar-refractivity contribution is 8.15. The van der Waals surface area contributed by atoms with Crippen molar-refractivity contribution in [3.8, 4) is 11.5 Å². The van der Waals surface area contributed by atoms with Gasteiger partial charge in [0, 0.05) is 18.9 Å². The second kappa shape index (κ2) is 8.07. The number of fused-ring (bicyclic) bond motifs is 1. The number of nitrogens with zero attached hydrogens (tertiary/aromatic N) is 2. The maximum Gasteiger partial charge on any atom is 0.274 e. The molecular formula is C17H22N2O6S2. The maximum atomic E-state index is 12.1. The minimum absolute atomic E-state index is 0.0649. The molecule has 2 aliphatic heterocycles. The number of carbonyl (C=O) groups excluding carboxylic acids is 1. The van der Waals surface area contributed by atoms with E-state index in [9.17, 15) is 13.2 Å². The van der Waals surface area contributed by atoms with Gasteiger partial charge in [-0.15, -0.1) is 0 Å². The van der Waals surface area contributed by atoms with Crippen LogP contribution in [0.1, 0.15) is 5.56 Å². The Kier molecular flexibility index (Phi) is 5.97. The van der Waals surface area contributed by atoms with Crippen molar-refractivity contribution >= 4 is 32.7 Å². The van der Waals surface area contributed by atoms with Crippen LogP contribution in [-0.4, -0.2) is 75.1 Å². The number of methoxy groups -OCH3 is 3. The van der Waals surface area contributed by atoms with Gasteiger partial charge in [0.1, 0.15) is 6.61 Å². The van der Waals surface area contributed by atoms with Crippen LogP contribution >= 0.6 is 11.8 Å². The third-order valence-electron chi connectivity index (χ3n) is 4.46. The predicted molar refractivity (Wildman–Crippen MR) is 103 cm³/mol. The predicted octanol–water partition coefficient (Wildman–Crippen LogP) is 0.947. The van der Waals surface area contributed by atoms with Crippen molar-refractivity contribution in [1.29, 1.82) is 0 Å². The van der Waals surface area contributed by atoms with E-state index < -0.39 is 9.84 Å².